The van der Waals surface area contributed by atoms with Crippen LogP contribution in [0.1, 0.15) is 122 Å². The summed E-state index contributed by atoms with van der Waals surface area (Å²) in [6.45, 7) is 9.38. The van der Waals surface area contributed by atoms with Gasteiger partial charge in [0.25, 0.3) is 0 Å². The summed E-state index contributed by atoms with van der Waals surface area (Å²) in [5.74, 6) is 0. The fourth-order valence-electron chi connectivity index (χ4n) is 2.97. The fraction of sp³-hybridized carbons (Fsp3) is 0.905. The normalized spacial score (nSPS) is 11.1. The Labute approximate surface area is 136 Å². The minimum atomic E-state index is 0.871. The molecule has 0 amide bonds. The van der Waals surface area contributed by atoms with Gasteiger partial charge in [-0.2, -0.15) is 0 Å². The first-order chi connectivity index (χ1) is 10.4. The topological polar surface area (TPSA) is 0 Å². The van der Waals surface area contributed by atoms with Crippen molar-refractivity contribution in [3.63, 3.8) is 0 Å². The maximum absolute atomic E-state index is 5.49. The van der Waals surface area contributed by atoms with E-state index >= 15 is 0 Å². The summed E-state index contributed by atoms with van der Waals surface area (Å²) in [5, 5.41) is 0. The van der Waals surface area contributed by atoms with E-state index in [2.05, 4.69) is 6.92 Å². The Bertz CT molecular complexity index is 143. The van der Waals surface area contributed by atoms with Gasteiger partial charge in [0.2, 0.25) is 0 Å². The number of unbranched alkanes of at least 4 members (excludes halogenated alkanes) is 18. The Morgan fingerprint density at radius 3 is 0.857 bits per heavy atom. The lowest BCUT2D eigenvalue weighted by Gasteiger charge is -2.03. The highest BCUT2D eigenvalue weighted by atomic mass is 14.0. The van der Waals surface area contributed by atoms with Crippen molar-refractivity contribution in [2.45, 2.75) is 122 Å². The van der Waals surface area contributed by atoms with Crippen LogP contribution in [0, 0.1) is 13.8 Å². The molecule has 0 aliphatic carbocycles. The predicted molar refractivity (Wildman–Crippen MR) is 97.4 cm³/mol. The molecule has 0 bridgehead atoms. The zero-order valence-electron chi connectivity index (χ0n) is 14.7. The van der Waals surface area contributed by atoms with E-state index in [1.807, 2.05) is 0 Å². The van der Waals surface area contributed by atoms with Crippen molar-refractivity contribution in [2.24, 2.45) is 0 Å². The van der Waals surface area contributed by atoms with E-state index in [0.717, 1.165) is 12.8 Å². The third kappa shape index (κ3) is 20.0. The molecule has 0 aromatic rings. The van der Waals surface area contributed by atoms with Crippen molar-refractivity contribution >= 4 is 0 Å². The average molecular weight is 294 g/mol. The van der Waals surface area contributed by atoms with E-state index in [1.165, 1.54) is 109 Å². The van der Waals surface area contributed by atoms with Crippen LogP contribution in [0.15, 0.2) is 0 Å². The van der Waals surface area contributed by atoms with Crippen LogP contribution in [0.4, 0.5) is 0 Å². The van der Waals surface area contributed by atoms with Crippen molar-refractivity contribution in [1.29, 1.82) is 0 Å². The second-order valence-electron chi connectivity index (χ2n) is 6.65. The molecule has 0 heterocycles. The molecule has 0 rings (SSSR count). The zero-order chi connectivity index (χ0) is 15.4. The van der Waals surface area contributed by atoms with Gasteiger partial charge in [-0.05, 0) is 13.3 Å². The smallest absolute Gasteiger partial charge is 0.0352 e. The minimum Gasteiger partial charge on any atom is -0.0533 e. The standard InChI is InChI=1S/C21H41/c1-3-5-7-9-11-13-15-17-19-21-20-18-16-14-12-10-8-6-4-2/h1H,2-21H2. The Morgan fingerprint density at radius 2 is 0.619 bits per heavy atom. The molecule has 0 aliphatic heterocycles. The van der Waals surface area contributed by atoms with E-state index in [1.54, 1.807) is 0 Å². The van der Waals surface area contributed by atoms with Gasteiger partial charge >= 0.3 is 0 Å². The first-order valence-electron chi connectivity index (χ1n) is 9.91. The van der Waals surface area contributed by atoms with Gasteiger partial charge in [-0.1, -0.05) is 122 Å². The fourth-order valence-corrected chi connectivity index (χ4v) is 2.97. The maximum Gasteiger partial charge on any atom is -0.0352 e. The molecule has 0 heteroatoms. The summed E-state index contributed by atoms with van der Waals surface area (Å²) in [4.78, 5) is 0. The van der Waals surface area contributed by atoms with Crippen LogP contribution in [0.2, 0.25) is 0 Å². The number of hydrogen-bond acceptors (Lipinski definition) is 0. The molecule has 0 N–H and O–H groups in total. The largest absolute Gasteiger partial charge is 0.0533 e. The molecule has 21 heavy (non-hydrogen) atoms. The van der Waals surface area contributed by atoms with E-state index in [-0.39, 0.29) is 0 Å². The third-order valence-corrected chi connectivity index (χ3v) is 4.45. The Hall–Kier alpha value is 0. The van der Waals surface area contributed by atoms with E-state index in [0.29, 0.717) is 0 Å². The van der Waals surface area contributed by atoms with E-state index in [9.17, 15) is 0 Å². The Morgan fingerprint density at radius 1 is 0.381 bits per heavy atom. The molecule has 0 aromatic heterocycles. The molecule has 0 saturated carbocycles. The highest BCUT2D eigenvalue weighted by Gasteiger charge is 1.94. The maximum atomic E-state index is 5.49. The van der Waals surface area contributed by atoms with Crippen molar-refractivity contribution < 1.29 is 0 Å². The van der Waals surface area contributed by atoms with Crippen molar-refractivity contribution in [2.75, 3.05) is 0 Å². The van der Waals surface area contributed by atoms with Crippen molar-refractivity contribution in [1.82, 2.24) is 0 Å². The lowest BCUT2D eigenvalue weighted by Crippen LogP contribution is -1.83. The summed E-state index contributed by atoms with van der Waals surface area (Å²) in [7, 11) is 0. The van der Waals surface area contributed by atoms with Crippen LogP contribution in [-0.4, -0.2) is 0 Å². The molecule has 0 aromatic carbocycles. The highest BCUT2D eigenvalue weighted by Crippen LogP contribution is 2.14. The molecule has 0 fully saturated rings. The highest BCUT2D eigenvalue weighted by molar-refractivity contribution is 4.51. The van der Waals surface area contributed by atoms with Crippen molar-refractivity contribution in [3.05, 3.63) is 13.8 Å². The van der Waals surface area contributed by atoms with Gasteiger partial charge in [0.05, 0.1) is 0 Å². The second-order valence-corrected chi connectivity index (χ2v) is 6.65. The van der Waals surface area contributed by atoms with Gasteiger partial charge < -0.3 is 0 Å². The molecule has 0 atom stereocenters. The monoisotopic (exact) mass is 293 g/mol. The third-order valence-electron chi connectivity index (χ3n) is 4.45. The second kappa shape index (κ2) is 20.0. The van der Waals surface area contributed by atoms with Gasteiger partial charge in [0.15, 0.2) is 0 Å². The van der Waals surface area contributed by atoms with Crippen LogP contribution in [0.25, 0.3) is 0 Å². The molecular weight excluding hydrogens is 252 g/mol. The summed E-state index contributed by atoms with van der Waals surface area (Å²) < 4.78 is 0. The van der Waals surface area contributed by atoms with Crippen LogP contribution < -0.4 is 0 Å². The van der Waals surface area contributed by atoms with Gasteiger partial charge in [0, 0.05) is 0 Å². The lowest BCUT2D eigenvalue weighted by atomic mass is 10.0. The van der Waals surface area contributed by atoms with Crippen LogP contribution in [0.3, 0.4) is 0 Å². The molecule has 0 spiro atoms. The quantitative estimate of drug-likeness (QED) is 0.225. The van der Waals surface area contributed by atoms with Crippen LogP contribution >= 0.6 is 0 Å². The Balaban J connectivity index is 2.90. The van der Waals surface area contributed by atoms with Crippen molar-refractivity contribution in [3.8, 4) is 0 Å². The van der Waals surface area contributed by atoms with Gasteiger partial charge in [-0.25, -0.2) is 0 Å². The first kappa shape index (κ1) is 21.0. The SMILES string of the molecule is [CH]CCCCCCCCCCCCCCCCCCC[CH2]. The van der Waals surface area contributed by atoms with Gasteiger partial charge in [0.1, 0.15) is 0 Å². The predicted octanol–water partition coefficient (Wildman–Crippen LogP) is 7.94. The number of rotatable bonds is 18. The lowest BCUT2D eigenvalue weighted by molar-refractivity contribution is 0.526. The summed E-state index contributed by atoms with van der Waals surface area (Å²) >= 11 is 0. The summed E-state index contributed by atoms with van der Waals surface area (Å²) in [6, 6.07) is 0. The average Bonchev–Trinajstić information content (AvgIpc) is 2.50. The first-order valence-corrected chi connectivity index (χ1v) is 9.91. The van der Waals surface area contributed by atoms with Gasteiger partial charge in [-0.15, -0.1) is 0 Å². The summed E-state index contributed by atoms with van der Waals surface area (Å²) in [5.41, 5.74) is 0. The van der Waals surface area contributed by atoms with E-state index < -0.39 is 0 Å². The molecule has 125 valence electrons. The van der Waals surface area contributed by atoms with Crippen LogP contribution in [-0.2, 0) is 0 Å². The molecule has 0 unspecified atom stereocenters. The molecule has 0 saturated heterocycles. The van der Waals surface area contributed by atoms with E-state index in [4.69, 9.17) is 6.92 Å². The molecule has 3 radical (unpaired) electrons. The summed E-state index contributed by atoms with van der Waals surface area (Å²) in [6.07, 6.45) is 26.1. The van der Waals surface area contributed by atoms with Gasteiger partial charge in [-0.3, -0.25) is 0 Å². The molecule has 0 aliphatic rings. The Kier molecular flexibility index (Phi) is 20.0. The zero-order valence-corrected chi connectivity index (χ0v) is 14.7. The molecule has 0 nitrogen and oxygen atoms in total. The van der Waals surface area contributed by atoms with Crippen LogP contribution in [0.5, 0.6) is 0 Å². The minimum absolute atomic E-state index is 0.871. The number of hydrogen-bond donors (Lipinski definition) is 0. The molecular formula is C21H41.